The molecule has 2 aromatic heterocycles. The maximum atomic E-state index is 14.1. The van der Waals surface area contributed by atoms with Gasteiger partial charge in [0, 0.05) is 35.1 Å². The van der Waals surface area contributed by atoms with Gasteiger partial charge in [0.15, 0.2) is 5.13 Å². The van der Waals surface area contributed by atoms with Crippen molar-refractivity contribution in [2.75, 3.05) is 11.9 Å². The number of nitriles is 1. The average Bonchev–Trinajstić information content (AvgIpc) is 3.25. The molecule has 3 aromatic rings. The number of aromatic amines is 1. The molecule has 1 saturated carbocycles. The Bertz CT molecular complexity index is 1610. The van der Waals surface area contributed by atoms with Crippen LogP contribution < -0.4 is 16.2 Å². The summed E-state index contributed by atoms with van der Waals surface area (Å²) in [4.78, 5) is 50.7. The van der Waals surface area contributed by atoms with Gasteiger partial charge in [0.2, 0.25) is 11.8 Å². The van der Waals surface area contributed by atoms with E-state index in [-0.39, 0.29) is 41.0 Å². The molecule has 1 saturated heterocycles. The van der Waals surface area contributed by atoms with Gasteiger partial charge in [-0.05, 0) is 60.1 Å². The standard InChI is InChI=1S/C31H38N6O3S/c1-16-8-9-22-18(10-16)11-19(26(38)35-22)12-20(13-32)34-27(39)24-23-21(31(23,6)7)15-37(24)28(40)25(30(3,4)5)36-29-33-14-17(2)41-29/h8-11,14,20-21,23-25H,12,15H2,1-7H3,(H,33,36)(H,34,39)(H,35,38)/t20-,21-,23-,24-,25+/m0/s1. The van der Waals surface area contributed by atoms with E-state index in [1.165, 1.54) is 11.3 Å². The van der Waals surface area contributed by atoms with E-state index in [0.29, 0.717) is 17.2 Å². The van der Waals surface area contributed by atoms with Crippen LogP contribution in [-0.2, 0) is 16.0 Å². The van der Waals surface area contributed by atoms with E-state index >= 15 is 0 Å². The summed E-state index contributed by atoms with van der Waals surface area (Å²) < 4.78 is 0. The minimum Gasteiger partial charge on any atom is -0.349 e. The Morgan fingerprint density at radius 2 is 2.00 bits per heavy atom. The largest absolute Gasteiger partial charge is 0.349 e. The molecule has 41 heavy (non-hydrogen) atoms. The third kappa shape index (κ3) is 5.47. The lowest BCUT2D eigenvalue weighted by atomic mass is 9.85. The highest BCUT2D eigenvalue weighted by Gasteiger charge is 2.69. The summed E-state index contributed by atoms with van der Waals surface area (Å²) >= 11 is 1.49. The van der Waals surface area contributed by atoms with Gasteiger partial charge >= 0.3 is 0 Å². The molecule has 3 N–H and O–H groups in total. The third-order valence-electron chi connectivity index (χ3n) is 8.74. The number of hydrogen-bond donors (Lipinski definition) is 3. The van der Waals surface area contributed by atoms with Crippen LogP contribution in [0, 0.1) is 47.8 Å². The molecule has 0 bridgehead atoms. The van der Waals surface area contributed by atoms with Crippen molar-refractivity contribution in [3.63, 3.8) is 0 Å². The lowest BCUT2D eigenvalue weighted by Gasteiger charge is -2.37. The van der Waals surface area contributed by atoms with Crippen LogP contribution in [0.5, 0.6) is 0 Å². The number of pyridine rings is 1. The smallest absolute Gasteiger partial charge is 0.251 e. The van der Waals surface area contributed by atoms with Gasteiger partial charge in [0.1, 0.15) is 18.1 Å². The number of carbonyl (C=O) groups excluding carboxylic acids is 2. The van der Waals surface area contributed by atoms with Gasteiger partial charge in [0.25, 0.3) is 5.56 Å². The van der Waals surface area contributed by atoms with Gasteiger partial charge in [-0.15, -0.1) is 11.3 Å². The summed E-state index contributed by atoms with van der Waals surface area (Å²) in [7, 11) is 0. The van der Waals surface area contributed by atoms with Crippen molar-refractivity contribution in [3.05, 3.63) is 56.8 Å². The molecule has 1 aromatic carbocycles. The summed E-state index contributed by atoms with van der Waals surface area (Å²) in [6.45, 7) is 14.7. The number of nitrogens with one attached hydrogen (secondary N) is 3. The number of nitrogens with zero attached hydrogens (tertiary/aromatic N) is 3. The normalized spacial score (nSPS) is 22.5. The third-order valence-corrected chi connectivity index (χ3v) is 9.58. The van der Waals surface area contributed by atoms with E-state index < -0.39 is 23.5 Å². The molecule has 10 heteroatoms. The second-order valence-corrected chi connectivity index (χ2v) is 14.5. The molecule has 1 aliphatic carbocycles. The highest BCUT2D eigenvalue weighted by molar-refractivity contribution is 7.15. The van der Waals surface area contributed by atoms with Crippen molar-refractivity contribution >= 4 is 39.2 Å². The van der Waals surface area contributed by atoms with Crippen molar-refractivity contribution in [3.8, 4) is 6.07 Å². The molecule has 2 aliphatic rings. The van der Waals surface area contributed by atoms with Crippen LogP contribution in [-0.4, -0.2) is 51.4 Å². The molecule has 1 aliphatic heterocycles. The number of aryl methyl sites for hydroxylation is 2. The first-order valence-corrected chi connectivity index (χ1v) is 14.8. The summed E-state index contributed by atoms with van der Waals surface area (Å²) in [6, 6.07) is 7.49. The fraction of sp³-hybridized carbons (Fsp3) is 0.516. The van der Waals surface area contributed by atoms with Crippen LogP contribution in [0.3, 0.4) is 0 Å². The molecule has 3 heterocycles. The highest BCUT2D eigenvalue weighted by atomic mass is 32.1. The van der Waals surface area contributed by atoms with Crippen LogP contribution in [0.15, 0.2) is 35.3 Å². The minimum atomic E-state index is -0.918. The maximum Gasteiger partial charge on any atom is 0.251 e. The first-order valence-electron chi connectivity index (χ1n) is 14.0. The van der Waals surface area contributed by atoms with Crippen LogP contribution in [0.2, 0.25) is 0 Å². The molecule has 2 fully saturated rings. The fourth-order valence-electron chi connectivity index (χ4n) is 6.30. The molecule has 216 valence electrons. The zero-order valence-electron chi connectivity index (χ0n) is 24.7. The van der Waals surface area contributed by atoms with Crippen LogP contribution >= 0.6 is 11.3 Å². The van der Waals surface area contributed by atoms with Crippen LogP contribution in [0.4, 0.5) is 5.13 Å². The van der Waals surface area contributed by atoms with Gasteiger partial charge in [0.05, 0.1) is 6.07 Å². The van der Waals surface area contributed by atoms with E-state index in [1.807, 2.05) is 52.8 Å². The number of fused-ring (bicyclic) bond motifs is 2. The number of benzene rings is 1. The van der Waals surface area contributed by atoms with Crippen LogP contribution in [0.1, 0.15) is 50.6 Å². The Kier molecular flexibility index (Phi) is 7.23. The molecule has 0 radical (unpaired) electrons. The Labute approximate surface area is 244 Å². The van der Waals surface area contributed by atoms with Crippen molar-refractivity contribution in [1.29, 1.82) is 5.26 Å². The Morgan fingerprint density at radius 3 is 2.63 bits per heavy atom. The first-order chi connectivity index (χ1) is 19.2. The van der Waals surface area contributed by atoms with Gasteiger partial charge in [-0.25, -0.2) is 4.98 Å². The molecular weight excluding hydrogens is 536 g/mol. The predicted molar refractivity (Wildman–Crippen MR) is 161 cm³/mol. The van der Waals surface area contributed by atoms with Crippen molar-refractivity contribution < 1.29 is 9.59 Å². The molecule has 9 nitrogen and oxygen atoms in total. The average molecular weight is 575 g/mol. The highest BCUT2D eigenvalue weighted by Crippen LogP contribution is 2.65. The molecule has 5 atom stereocenters. The van der Waals surface area contributed by atoms with E-state index in [0.717, 1.165) is 21.3 Å². The minimum absolute atomic E-state index is 0.000523. The second-order valence-electron chi connectivity index (χ2n) is 13.2. The maximum absolute atomic E-state index is 14.1. The summed E-state index contributed by atoms with van der Waals surface area (Å²) in [5.74, 6) is -0.297. The number of rotatable bonds is 7. The number of hydrogen-bond acceptors (Lipinski definition) is 7. The van der Waals surface area contributed by atoms with E-state index in [4.69, 9.17) is 0 Å². The van der Waals surface area contributed by atoms with Gasteiger partial charge < -0.3 is 20.5 Å². The van der Waals surface area contributed by atoms with E-state index in [9.17, 15) is 19.6 Å². The number of likely N-dealkylation sites (tertiary alicyclic amines) is 1. The second kappa shape index (κ2) is 10.3. The predicted octanol–water partition coefficient (Wildman–Crippen LogP) is 4.16. The lowest BCUT2D eigenvalue weighted by molar-refractivity contribution is -0.142. The van der Waals surface area contributed by atoms with E-state index in [2.05, 4.69) is 40.5 Å². The number of carbonyl (C=O) groups is 2. The monoisotopic (exact) mass is 574 g/mol. The number of thiazole rings is 1. The van der Waals surface area contributed by atoms with Gasteiger partial charge in [-0.3, -0.25) is 14.4 Å². The number of anilines is 1. The van der Waals surface area contributed by atoms with Gasteiger partial charge in [-0.2, -0.15) is 5.26 Å². The Hall–Kier alpha value is -3.71. The number of piperidine rings is 1. The van der Waals surface area contributed by atoms with Crippen molar-refractivity contribution in [1.82, 2.24) is 20.2 Å². The fourth-order valence-corrected chi connectivity index (χ4v) is 6.99. The molecular formula is C31H38N6O3S. The molecule has 0 unspecified atom stereocenters. The number of amides is 2. The van der Waals surface area contributed by atoms with Crippen molar-refractivity contribution in [2.45, 2.75) is 73.0 Å². The van der Waals surface area contributed by atoms with Crippen molar-refractivity contribution in [2.24, 2.45) is 22.7 Å². The number of H-pyrrole nitrogens is 1. The summed E-state index contributed by atoms with van der Waals surface area (Å²) in [5.41, 5.74) is 1.40. The SMILES string of the molecule is Cc1ccc2[nH]c(=O)c(C[C@@H](C#N)NC(=O)[C@@H]3[C@@H]4[C@H](CN3C(=O)[C@@H](Nc3ncc(C)s3)C(C)(C)C)C4(C)C)cc2c1. The van der Waals surface area contributed by atoms with Crippen LogP contribution in [0.25, 0.3) is 10.9 Å². The Morgan fingerprint density at radius 1 is 1.27 bits per heavy atom. The number of aromatic nitrogens is 2. The lowest BCUT2D eigenvalue weighted by Crippen LogP contribution is -2.57. The zero-order chi connectivity index (χ0) is 29.9. The first kappa shape index (κ1) is 28.8. The topological polar surface area (TPSA) is 131 Å². The molecule has 5 rings (SSSR count). The summed E-state index contributed by atoms with van der Waals surface area (Å²) in [6.07, 6.45) is 1.83. The van der Waals surface area contributed by atoms with E-state index in [1.54, 1.807) is 17.2 Å². The molecule has 2 amide bonds. The Balaban J connectivity index is 1.37. The summed E-state index contributed by atoms with van der Waals surface area (Å²) in [5, 5.41) is 17.7. The molecule has 0 spiro atoms. The van der Waals surface area contributed by atoms with Gasteiger partial charge in [-0.1, -0.05) is 46.2 Å². The quantitative estimate of drug-likeness (QED) is 0.388. The zero-order valence-corrected chi connectivity index (χ0v) is 25.5.